The largest absolute Gasteiger partial charge is 0.506 e. The highest BCUT2D eigenvalue weighted by atomic mass is 16.6. The molecule has 2 aromatic rings. The van der Waals surface area contributed by atoms with E-state index in [-0.39, 0.29) is 42.0 Å². The molecule has 1 fully saturated rings. The number of phenols is 1. The lowest BCUT2D eigenvalue weighted by molar-refractivity contribution is -0.384. The van der Waals surface area contributed by atoms with Gasteiger partial charge in [-0.3, -0.25) is 24.6 Å². The topological polar surface area (TPSA) is 125 Å². The van der Waals surface area contributed by atoms with Gasteiger partial charge in [-0.05, 0) is 49.9 Å². The van der Waals surface area contributed by atoms with Crippen LogP contribution in [0.3, 0.4) is 0 Å². The maximum absolute atomic E-state index is 12.6. The molecular formula is C22H26N4O5. The van der Waals surface area contributed by atoms with E-state index in [1.165, 1.54) is 6.07 Å². The number of nitrogens with zero attached hydrogens (tertiary/aromatic N) is 2. The first-order valence-electron chi connectivity index (χ1n) is 10.1. The molecular weight excluding hydrogens is 400 g/mol. The van der Waals surface area contributed by atoms with Gasteiger partial charge in [-0.1, -0.05) is 12.1 Å². The van der Waals surface area contributed by atoms with Gasteiger partial charge in [0.05, 0.1) is 17.2 Å². The van der Waals surface area contributed by atoms with Gasteiger partial charge < -0.3 is 15.7 Å². The number of hydrogen-bond acceptors (Lipinski definition) is 6. The molecule has 0 bridgehead atoms. The summed E-state index contributed by atoms with van der Waals surface area (Å²) in [6.07, 6.45) is 2.05. The molecule has 31 heavy (non-hydrogen) atoms. The quantitative estimate of drug-likeness (QED) is 0.321. The number of hydrogen-bond donors (Lipinski definition) is 3. The normalized spacial score (nSPS) is 13.1. The van der Waals surface area contributed by atoms with E-state index in [1.807, 2.05) is 36.9 Å². The highest BCUT2D eigenvalue weighted by Gasteiger charge is 2.30. The first-order valence-corrected chi connectivity index (χ1v) is 10.1. The zero-order valence-corrected chi connectivity index (χ0v) is 17.6. The summed E-state index contributed by atoms with van der Waals surface area (Å²) in [6, 6.07) is 9.58. The Labute approximate surface area is 180 Å². The molecule has 164 valence electrons. The van der Waals surface area contributed by atoms with Gasteiger partial charge in [0.25, 0.3) is 5.69 Å². The second-order valence-electron chi connectivity index (χ2n) is 7.82. The second-order valence-corrected chi connectivity index (χ2v) is 7.82. The number of aryl methyl sites for hydroxylation is 2. The third-order valence-electron chi connectivity index (χ3n) is 5.17. The van der Waals surface area contributed by atoms with Gasteiger partial charge in [0.15, 0.2) is 0 Å². The molecule has 0 unspecified atom stereocenters. The van der Waals surface area contributed by atoms with Gasteiger partial charge in [-0.2, -0.15) is 0 Å². The lowest BCUT2D eigenvalue weighted by Crippen LogP contribution is -2.37. The first-order chi connectivity index (χ1) is 14.7. The standard InChI is InChI=1S/C22H26N4O5/c1-14-3-4-15(2)18(11-14)23-22(29)13-25(16-5-6-16)10-9-21(28)24-19-12-17(26(30)31)7-8-20(19)27/h3-4,7-8,11-12,16,27H,5-6,9-10,13H2,1-2H3,(H,23,29)(H,24,28). The molecule has 2 amide bonds. The average Bonchev–Trinajstić information content (AvgIpc) is 3.54. The smallest absolute Gasteiger partial charge is 0.271 e. The lowest BCUT2D eigenvalue weighted by Gasteiger charge is -2.21. The van der Waals surface area contributed by atoms with Crippen molar-refractivity contribution in [2.45, 2.75) is 39.2 Å². The van der Waals surface area contributed by atoms with Crippen LogP contribution in [0.2, 0.25) is 0 Å². The van der Waals surface area contributed by atoms with Gasteiger partial charge in [0.1, 0.15) is 5.75 Å². The van der Waals surface area contributed by atoms with Crippen molar-refractivity contribution in [3.05, 3.63) is 57.6 Å². The number of nitro benzene ring substituents is 1. The molecule has 0 aliphatic heterocycles. The van der Waals surface area contributed by atoms with Crippen molar-refractivity contribution < 1.29 is 19.6 Å². The lowest BCUT2D eigenvalue weighted by atomic mass is 10.1. The fraction of sp³-hybridized carbons (Fsp3) is 0.364. The fourth-order valence-corrected chi connectivity index (χ4v) is 3.27. The third-order valence-corrected chi connectivity index (χ3v) is 5.17. The Balaban J connectivity index is 1.55. The van der Waals surface area contributed by atoms with Crippen LogP contribution in [-0.2, 0) is 9.59 Å². The number of phenolic OH excluding ortho intramolecular Hbond substituents is 1. The number of rotatable bonds is 9. The van der Waals surface area contributed by atoms with Crippen molar-refractivity contribution in [2.24, 2.45) is 0 Å². The molecule has 1 saturated carbocycles. The average molecular weight is 426 g/mol. The molecule has 1 aliphatic carbocycles. The minimum Gasteiger partial charge on any atom is -0.506 e. The fourth-order valence-electron chi connectivity index (χ4n) is 3.27. The zero-order chi connectivity index (χ0) is 22.5. The highest BCUT2D eigenvalue weighted by molar-refractivity contribution is 5.94. The van der Waals surface area contributed by atoms with E-state index in [2.05, 4.69) is 10.6 Å². The number of nitrogens with one attached hydrogen (secondary N) is 2. The molecule has 9 nitrogen and oxygen atoms in total. The minimum atomic E-state index is -0.599. The van der Waals surface area contributed by atoms with Crippen LogP contribution in [0.5, 0.6) is 5.75 Å². The van der Waals surface area contributed by atoms with Gasteiger partial charge in [-0.25, -0.2) is 0 Å². The SMILES string of the molecule is Cc1ccc(C)c(NC(=O)CN(CCC(=O)Nc2cc([N+](=O)[O-])ccc2O)C2CC2)c1. The van der Waals surface area contributed by atoms with E-state index >= 15 is 0 Å². The number of anilines is 2. The van der Waals surface area contributed by atoms with Crippen LogP contribution in [0.4, 0.5) is 17.1 Å². The van der Waals surface area contributed by atoms with E-state index in [4.69, 9.17) is 0 Å². The van der Waals surface area contributed by atoms with Crippen molar-refractivity contribution in [3.8, 4) is 5.75 Å². The first kappa shape index (κ1) is 22.2. The molecule has 3 rings (SSSR count). The van der Waals surface area contributed by atoms with Crippen molar-refractivity contribution in [1.29, 1.82) is 0 Å². The number of carbonyl (C=O) groups is 2. The summed E-state index contributed by atoms with van der Waals surface area (Å²) < 4.78 is 0. The van der Waals surface area contributed by atoms with Crippen LogP contribution in [0.25, 0.3) is 0 Å². The third kappa shape index (κ3) is 6.26. The Kier molecular flexibility index (Phi) is 6.86. The Morgan fingerprint density at radius 1 is 1.10 bits per heavy atom. The maximum Gasteiger partial charge on any atom is 0.271 e. The van der Waals surface area contributed by atoms with Gasteiger partial charge in [0, 0.05) is 36.8 Å². The molecule has 2 aromatic carbocycles. The van der Waals surface area contributed by atoms with Crippen LogP contribution < -0.4 is 10.6 Å². The highest BCUT2D eigenvalue weighted by Crippen LogP contribution is 2.29. The number of aromatic hydroxyl groups is 1. The molecule has 0 spiro atoms. The van der Waals surface area contributed by atoms with Crippen LogP contribution in [0.15, 0.2) is 36.4 Å². The molecule has 0 aromatic heterocycles. The predicted octanol–water partition coefficient (Wildman–Crippen LogP) is 3.35. The van der Waals surface area contributed by atoms with Gasteiger partial charge in [-0.15, -0.1) is 0 Å². The van der Waals surface area contributed by atoms with E-state index in [0.29, 0.717) is 6.54 Å². The van der Waals surface area contributed by atoms with E-state index in [1.54, 1.807) is 0 Å². The number of amides is 2. The maximum atomic E-state index is 12.6. The van der Waals surface area contributed by atoms with E-state index < -0.39 is 10.8 Å². The molecule has 1 aliphatic rings. The van der Waals surface area contributed by atoms with Crippen LogP contribution in [0.1, 0.15) is 30.4 Å². The molecule has 9 heteroatoms. The molecule has 0 saturated heterocycles. The van der Waals surface area contributed by atoms with Crippen molar-refractivity contribution in [1.82, 2.24) is 4.90 Å². The van der Waals surface area contributed by atoms with Crippen molar-refractivity contribution in [2.75, 3.05) is 23.7 Å². The van der Waals surface area contributed by atoms with Crippen LogP contribution >= 0.6 is 0 Å². The summed E-state index contributed by atoms with van der Waals surface area (Å²) >= 11 is 0. The van der Waals surface area contributed by atoms with Gasteiger partial charge >= 0.3 is 0 Å². The second kappa shape index (κ2) is 9.57. The van der Waals surface area contributed by atoms with Gasteiger partial charge in [0.2, 0.25) is 11.8 Å². The molecule has 0 radical (unpaired) electrons. The van der Waals surface area contributed by atoms with Crippen molar-refractivity contribution >= 4 is 28.9 Å². The number of benzene rings is 2. The zero-order valence-electron chi connectivity index (χ0n) is 17.6. The summed E-state index contributed by atoms with van der Waals surface area (Å²) in [5.74, 6) is -0.778. The Bertz CT molecular complexity index is 1000. The monoisotopic (exact) mass is 426 g/mol. The van der Waals surface area contributed by atoms with Crippen molar-refractivity contribution in [3.63, 3.8) is 0 Å². The van der Waals surface area contributed by atoms with Crippen LogP contribution in [0, 0.1) is 24.0 Å². The summed E-state index contributed by atoms with van der Waals surface area (Å²) in [5, 5.41) is 26.2. The number of nitro groups is 1. The minimum absolute atomic E-state index is 0.00941. The number of non-ortho nitro benzene ring substituents is 1. The number of carbonyl (C=O) groups excluding carboxylic acids is 2. The summed E-state index contributed by atoms with van der Waals surface area (Å²) in [4.78, 5) is 37.1. The van der Waals surface area contributed by atoms with E-state index in [9.17, 15) is 24.8 Å². The Morgan fingerprint density at radius 2 is 1.81 bits per heavy atom. The molecule has 0 atom stereocenters. The summed E-state index contributed by atoms with van der Waals surface area (Å²) in [7, 11) is 0. The van der Waals surface area contributed by atoms with Crippen LogP contribution in [-0.4, -0.2) is 45.9 Å². The predicted molar refractivity (Wildman–Crippen MR) is 117 cm³/mol. The Hall–Kier alpha value is -3.46. The molecule has 3 N–H and O–H groups in total. The summed E-state index contributed by atoms with van der Waals surface area (Å²) in [5.41, 5.74) is 2.58. The Morgan fingerprint density at radius 3 is 2.48 bits per heavy atom. The molecule has 0 heterocycles. The van der Waals surface area contributed by atoms with E-state index in [0.717, 1.165) is 41.8 Å². The summed E-state index contributed by atoms with van der Waals surface area (Å²) in [6.45, 7) is 4.44.